The molecule has 3 fully saturated rings. The molecule has 174 valence electrons. The molecule has 2 bridgehead atoms. The van der Waals surface area contributed by atoms with Crippen molar-refractivity contribution in [3.8, 4) is 5.75 Å². The van der Waals surface area contributed by atoms with E-state index in [0.717, 1.165) is 66.0 Å². The van der Waals surface area contributed by atoms with E-state index in [1.165, 1.54) is 57.9 Å². The monoisotopic (exact) mass is 436 g/mol. The summed E-state index contributed by atoms with van der Waals surface area (Å²) in [4.78, 5) is 15.7. The van der Waals surface area contributed by atoms with Crippen LogP contribution in [0.2, 0.25) is 0 Å². The van der Waals surface area contributed by atoms with Crippen molar-refractivity contribution in [2.45, 2.75) is 96.2 Å². The van der Waals surface area contributed by atoms with E-state index in [-0.39, 0.29) is 5.92 Å². The van der Waals surface area contributed by atoms with Crippen LogP contribution in [0.1, 0.15) is 87.9 Å². The molecule has 1 aromatic carbocycles. The summed E-state index contributed by atoms with van der Waals surface area (Å²) in [5.74, 6) is 2.41. The lowest BCUT2D eigenvalue weighted by molar-refractivity contribution is 0.0965. The van der Waals surface area contributed by atoms with Gasteiger partial charge in [0.1, 0.15) is 5.75 Å². The molecular weight excluding hydrogens is 396 g/mol. The number of piperidine rings is 1. The third-order valence-corrected chi connectivity index (χ3v) is 8.31. The van der Waals surface area contributed by atoms with Crippen molar-refractivity contribution in [1.29, 1.82) is 0 Å². The molecule has 0 spiro atoms. The molecule has 2 atom stereocenters. The first-order valence-electron chi connectivity index (χ1n) is 13.1. The zero-order chi connectivity index (χ0) is 22.1. The SMILES string of the molecule is CCCCCC1CC2CCC(C1)N2CCCn1cc(C(=O)C2CC2)c2cccc(OC)c21. The van der Waals surface area contributed by atoms with Crippen LogP contribution in [0, 0.1) is 11.8 Å². The smallest absolute Gasteiger partial charge is 0.168 e. The summed E-state index contributed by atoms with van der Waals surface area (Å²) in [6, 6.07) is 7.74. The number of rotatable bonds is 11. The number of aryl methyl sites for hydroxylation is 1. The quantitative estimate of drug-likeness (QED) is 0.300. The molecule has 1 aromatic heterocycles. The second-order valence-corrected chi connectivity index (χ2v) is 10.5. The number of hydrogen-bond donors (Lipinski definition) is 0. The van der Waals surface area contributed by atoms with Crippen molar-refractivity contribution in [2.24, 2.45) is 11.8 Å². The topological polar surface area (TPSA) is 34.5 Å². The van der Waals surface area contributed by atoms with Crippen molar-refractivity contribution in [3.05, 3.63) is 30.0 Å². The molecule has 32 heavy (non-hydrogen) atoms. The zero-order valence-corrected chi connectivity index (χ0v) is 20.0. The number of nitrogens with zero attached hydrogens (tertiary/aromatic N) is 2. The van der Waals surface area contributed by atoms with Gasteiger partial charge in [0.2, 0.25) is 0 Å². The van der Waals surface area contributed by atoms with Gasteiger partial charge in [0.05, 0.1) is 12.6 Å². The predicted molar refractivity (Wildman–Crippen MR) is 131 cm³/mol. The molecule has 4 heteroatoms. The summed E-state index contributed by atoms with van der Waals surface area (Å²) >= 11 is 0. The van der Waals surface area contributed by atoms with Crippen LogP contribution in [0.5, 0.6) is 5.75 Å². The Kier molecular flexibility index (Phi) is 6.59. The van der Waals surface area contributed by atoms with Crippen molar-refractivity contribution >= 4 is 16.7 Å². The van der Waals surface area contributed by atoms with E-state index in [1.54, 1.807) is 7.11 Å². The van der Waals surface area contributed by atoms with Gasteiger partial charge in [-0.2, -0.15) is 0 Å². The average molecular weight is 437 g/mol. The molecule has 1 aliphatic carbocycles. The van der Waals surface area contributed by atoms with Gasteiger partial charge in [0.15, 0.2) is 5.78 Å². The van der Waals surface area contributed by atoms with Crippen LogP contribution in [0.15, 0.2) is 24.4 Å². The number of ether oxygens (including phenoxy) is 1. The number of fused-ring (bicyclic) bond motifs is 3. The van der Waals surface area contributed by atoms with Gasteiger partial charge in [0, 0.05) is 48.2 Å². The zero-order valence-electron chi connectivity index (χ0n) is 20.0. The van der Waals surface area contributed by atoms with Gasteiger partial charge in [-0.15, -0.1) is 0 Å². The van der Waals surface area contributed by atoms with Gasteiger partial charge < -0.3 is 9.30 Å². The average Bonchev–Trinajstić information content (AvgIpc) is 3.55. The van der Waals surface area contributed by atoms with E-state index < -0.39 is 0 Å². The molecule has 0 radical (unpaired) electrons. The van der Waals surface area contributed by atoms with Gasteiger partial charge in [-0.1, -0.05) is 44.7 Å². The Morgan fingerprint density at radius 2 is 1.81 bits per heavy atom. The third kappa shape index (κ3) is 4.35. The number of hydrogen-bond acceptors (Lipinski definition) is 3. The Morgan fingerprint density at radius 3 is 2.50 bits per heavy atom. The molecule has 2 unspecified atom stereocenters. The Morgan fingerprint density at radius 1 is 1.03 bits per heavy atom. The lowest BCUT2D eigenvalue weighted by Crippen LogP contribution is -2.43. The largest absolute Gasteiger partial charge is 0.495 e. The van der Waals surface area contributed by atoms with E-state index in [9.17, 15) is 4.79 Å². The number of ketones is 1. The summed E-state index contributed by atoms with van der Waals surface area (Å²) in [7, 11) is 1.73. The predicted octanol–water partition coefficient (Wildman–Crippen LogP) is 6.46. The molecule has 2 aliphatic heterocycles. The second-order valence-electron chi connectivity index (χ2n) is 10.5. The van der Waals surface area contributed by atoms with Crippen LogP contribution in [0.4, 0.5) is 0 Å². The maximum atomic E-state index is 12.9. The van der Waals surface area contributed by atoms with Gasteiger partial charge in [-0.3, -0.25) is 9.69 Å². The highest BCUT2D eigenvalue weighted by atomic mass is 16.5. The summed E-state index contributed by atoms with van der Waals surface area (Å²) in [5.41, 5.74) is 1.99. The van der Waals surface area contributed by atoms with E-state index in [4.69, 9.17) is 4.74 Å². The van der Waals surface area contributed by atoms with Crippen LogP contribution >= 0.6 is 0 Å². The molecule has 3 heterocycles. The van der Waals surface area contributed by atoms with Crippen molar-refractivity contribution in [3.63, 3.8) is 0 Å². The molecule has 0 N–H and O–H groups in total. The maximum Gasteiger partial charge on any atom is 0.168 e. The fourth-order valence-electron chi connectivity index (χ4n) is 6.52. The number of carbonyl (C=O) groups is 1. The highest BCUT2D eigenvalue weighted by molar-refractivity contribution is 6.11. The Balaban J connectivity index is 1.25. The molecular formula is C28H40N2O2. The van der Waals surface area contributed by atoms with Gasteiger partial charge >= 0.3 is 0 Å². The summed E-state index contributed by atoms with van der Waals surface area (Å²) in [6.45, 7) is 4.43. The van der Waals surface area contributed by atoms with Crippen molar-refractivity contribution in [2.75, 3.05) is 13.7 Å². The fraction of sp³-hybridized carbons (Fsp3) is 0.679. The molecule has 1 saturated carbocycles. The Labute approximate surface area is 193 Å². The maximum absolute atomic E-state index is 12.9. The molecule has 2 aromatic rings. The fourth-order valence-corrected chi connectivity index (χ4v) is 6.52. The minimum absolute atomic E-state index is 0.245. The minimum atomic E-state index is 0.245. The third-order valence-electron chi connectivity index (χ3n) is 8.31. The normalized spacial score (nSPS) is 25.5. The Hall–Kier alpha value is -1.81. The van der Waals surface area contributed by atoms with Crippen molar-refractivity contribution in [1.82, 2.24) is 9.47 Å². The van der Waals surface area contributed by atoms with Crippen LogP contribution in [0.25, 0.3) is 10.9 Å². The van der Waals surface area contributed by atoms with Gasteiger partial charge in [0.25, 0.3) is 0 Å². The highest BCUT2D eigenvalue weighted by Crippen LogP contribution is 2.41. The number of methoxy groups -OCH3 is 1. The lowest BCUT2D eigenvalue weighted by Gasteiger charge is -2.39. The van der Waals surface area contributed by atoms with Crippen molar-refractivity contribution < 1.29 is 9.53 Å². The summed E-state index contributed by atoms with van der Waals surface area (Å²) < 4.78 is 7.98. The van der Waals surface area contributed by atoms with Crippen LogP contribution in [0.3, 0.4) is 0 Å². The second kappa shape index (κ2) is 9.59. The number of aromatic nitrogens is 1. The summed E-state index contributed by atoms with van der Waals surface area (Å²) in [5, 5.41) is 1.06. The summed E-state index contributed by atoms with van der Waals surface area (Å²) in [6.07, 6.45) is 16.6. The highest BCUT2D eigenvalue weighted by Gasteiger charge is 2.39. The number of para-hydroxylation sites is 1. The van der Waals surface area contributed by atoms with E-state index in [0.29, 0.717) is 5.78 Å². The Bertz CT molecular complexity index is 930. The van der Waals surface area contributed by atoms with Crippen LogP contribution in [-0.4, -0.2) is 41.0 Å². The molecule has 0 amide bonds. The van der Waals surface area contributed by atoms with E-state index in [1.807, 2.05) is 12.1 Å². The molecule has 4 nitrogen and oxygen atoms in total. The molecule has 5 rings (SSSR count). The van der Waals surface area contributed by atoms with E-state index >= 15 is 0 Å². The molecule has 2 saturated heterocycles. The molecule has 3 aliphatic rings. The van der Waals surface area contributed by atoms with Crippen LogP contribution < -0.4 is 4.74 Å². The minimum Gasteiger partial charge on any atom is -0.495 e. The first-order chi connectivity index (χ1) is 15.7. The number of carbonyl (C=O) groups excluding carboxylic acids is 1. The van der Waals surface area contributed by atoms with Gasteiger partial charge in [-0.05, 0) is 56.9 Å². The number of unbranched alkanes of at least 4 members (excludes halogenated alkanes) is 2. The van der Waals surface area contributed by atoms with Gasteiger partial charge in [-0.25, -0.2) is 0 Å². The van der Waals surface area contributed by atoms with Crippen LogP contribution in [-0.2, 0) is 6.54 Å². The van der Waals surface area contributed by atoms with E-state index in [2.05, 4.69) is 28.7 Å². The standard InChI is InChI=1S/C28H40N2O2/c1-3-4-5-8-20-17-22-13-14-23(18-20)30(22)16-7-15-29-19-25(28(31)21-11-12-21)24-9-6-10-26(32-2)27(24)29/h6,9-10,19-23H,3-5,7-8,11-18H2,1-2H3. The number of benzene rings is 1. The number of Topliss-reactive ketones (excluding diaryl/α,β-unsaturated/α-hetero) is 1. The lowest BCUT2D eigenvalue weighted by atomic mass is 9.86. The first kappa shape index (κ1) is 22.0. The first-order valence-corrected chi connectivity index (χ1v) is 13.1.